The van der Waals surface area contributed by atoms with Crippen LogP contribution in [-0.4, -0.2) is 16.8 Å². The fraction of sp³-hybridized carbons (Fsp3) is 0.357. The first-order valence-electron chi connectivity index (χ1n) is 6.13. The van der Waals surface area contributed by atoms with E-state index < -0.39 is 0 Å². The largest absolute Gasteiger partial charge is 0.308 e. The van der Waals surface area contributed by atoms with Crippen molar-refractivity contribution in [1.29, 1.82) is 0 Å². The molecule has 0 aliphatic heterocycles. The summed E-state index contributed by atoms with van der Waals surface area (Å²) in [5, 5.41) is 7.75. The van der Waals surface area contributed by atoms with Gasteiger partial charge in [0.1, 0.15) is 0 Å². The lowest BCUT2D eigenvalue weighted by Gasteiger charge is -2.20. The van der Waals surface area contributed by atoms with Gasteiger partial charge in [0, 0.05) is 16.3 Å². The number of benzene rings is 1. The van der Waals surface area contributed by atoms with E-state index in [9.17, 15) is 0 Å². The van der Waals surface area contributed by atoms with Crippen molar-refractivity contribution in [3.05, 3.63) is 50.9 Å². The molecule has 2 aromatic rings. The normalized spacial score (nSPS) is 12.7. The predicted octanol–water partition coefficient (Wildman–Crippen LogP) is 3.12. The van der Waals surface area contributed by atoms with E-state index in [4.69, 9.17) is 0 Å². The minimum atomic E-state index is 0.194. The van der Waals surface area contributed by atoms with Gasteiger partial charge in [0.15, 0.2) is 0 Å². The van der Waals surface area contributed by atoms with Gasteiger partial charge < -0.3 is 5.32 Å². The number of nitrogens with one attached hydrogen (secondary N) is 1. The Kier molecular flexibility index (Phi) is 4.40. The topological polar surface area (TPSA) is 29.9 Å². The van der Waals surface area contributed by atoms with E-state index in [-0.39, 0.29) is 6.04 Å². The zero-order valence-corrected chi connectivity index (χ0v) is 13.1. The van der Waals surface area contributed by atoms with Gasteiger partial charge in [0.25, 0.3) is 0 Å². The molecule has 0 fully saturated rings. The van der Waals surface area contributed by atoms with Gasteiger partial charge in [-0.3, -0.25) is 4.68 Å². The van der Waals surface area contributed by atoms with Crippen molar-refractivity contribution in [2.45, 2.75) is 26.4 Å². The molecule has 0 saturated heterocycles. The summed E-state index contributed by atoms with van der Waals surface area (Å²) in [6.07, 6.45) is 1.87. The minimum absolute atomic E-state index is 0.194. The van der Waals surface area contributed by atoms with Gasteiger partial charge in [-0.05, 0) is 60.7 Å². The molecule has 0 amide bonds. The molecule has 1 N–H and O–H groups in total. The SMILES string of the molecule is CCn1nccc1C(NC)c1cccc(C)c1I. The summed E-state index contributed by atoms with van der Waals surface area (Å²) >= 11 is 2.42. The molecule has 0 radical (unpaired) electrons. The van der Waals surface area contributed by atoms with Crippen molar-refractivity contribution < 1.29 is 0 Å². The lowest BCUT2D eigenvalue weighted by atomic mass is 10.0. The maximum atomic E-state index is 4.36. The van der Waals surface area contributed by atoms with Crippen LogP contribution in [0.2, 0.25) is 0 Å². The first-order chi connectivity index (χ1) is 8.69. The number of hydrogen-bond donors (Lipinski definition) is 1. The van der Waals surface area contributed by atoms with Crippen LogP contribution in [0.4, 0.5) is 0 Å². The van der Waals surface area contributed by atoms with Gasteiger partial charge in [-0.2, -0.15) is 5.10 Å². The molecule has 0 spiro atoms. The maximum absolute atomic E-state index is 4.36. The highest BCUT2D eigenvalue weighted by atomic mass is 127. The Morgan fingerprint density at radius 1 is 1.39 bits per heavy atom. The highest BCUT2D eigenvalue weighted by molar-refractivity contribution is 14.1. The molecule has 1 atom stereocenters. The fourth-order valence-electron chi connectivity index (χ4n) is 2.21. The van der Waals surface area contributed by atoms with Crippen molar-refractivity contribution >= 4 is 22.6 Å². The second-order valence-corrected chi connectivity index (χ2v) is 5.35. The Balaban J connectivity index is 2.49. The Morgan fingerprint density at radius 3 is 2.83 bits per heavy atom. The zero-order valence-electron chi connectivity index (χ0n) is 10.9. The summed E-state index contributed by atoms with van der Waals surface area (Å²) < 4.78 is 3.36. The molecule has 2 rings (SSSR count). The average Bonchev–Trinajstić information content (AvgIpc) is 2.83. The van der Waals surface area contributed by atoms with E-state index in [2.05, 4.69) is 71.1 Å². The van der Waals surface area contributed by atoms with Crippen LogP contribution >= 0.6 is 22.6 Å². The van der Waals surface area contributed by atoms with Gasteiger partial charge >= 0.3 is 0 Å². The summed E-state index contributed by atoms with van der Waals surface area (Å²) in [6, 6.07) is 8.73. The molecular weight excluding hydrogens is 337 g/mol. The molecule has 4 heteroatoms. The molecule has 0 aliphatic rings. The second-order valence-electron chi connectivity index (χ2n) is 4.27. The number of aromatic nitrogens is 2. The molecule has 96 valence electrons. The molecule has 1 heterocycles. The number of aryl methyl sites for hydroxylation is 2. The highest BCUT2D eigenvalue weighted by Gasteiger charge is 2.18. The van der Waals surface area contributed by atoms with E-state index >= 15 is 0 Å². The minimum Gasteiger partial charge on any atom is -0.308 e. The third kappa shape index (κ3) is 2.44. The Bertz CT molecular complexity index is 534. The monoisotopic (exact) mass is 355 g/mol. The lowest BCUT2D eigenvalue weighted by Crippen LogP contribution is -2.22. The smallest absolute Gasteiger partial charge is 0.0756 e. The summed E-state index contributed by atoms with van der Waals surface area (Å²) in [4.78, 5) is 0. The molecule has 0 aliphatic carbocycles. The summed E-state index contributed by atoms with van der Waals surface area (Å²) in [5.41, 5.74) is 3.84. The van der Waals surface area contributed by atoms with Gasteiger partial charge in [0.05, 0.1) is 11.7 Å². The van der Waals surface area contributed by atoms with E-state index in [1.165, 1.54) is 20.4 Å². The third-order valence-corrected chi connectivity index (χ3v) is 4.64. The number of nitrogens with zero attached hydrogens (tertiary/aromatic N) is 2. The van der Waals surface area contributed by atoms with Crippen molar-refractivity contribution in [3.8, 4) is 0 Å². The van der Waals surface area contributed by atoms with Gasteiger partial charge in [-0.1, -0.05) is 18.2 Å². The Hall–Kier alpha value is -0.880. The predicted molar refractivity (Wildman–Crippen MR) is 82.7 cm³/mol. The van der Waals surface area contributed by atoms with Crippen LogP contribution in [0.3, 0.4) is 0 Å². The van der Waals surface area contributed by atoms with Crippen LogP contribution in [0.5, 0.6) is 0 Å². The standard InChI is InChI=1S/C14H18IN3/c1-4-18-12(8-9-17-18)14(16-3)11-7-5-6-10(2)13(11)15/h5-9,14,16H,4H2,1-3H3. The molecule has 1 aromatic carbocycles. The number of hydrogen-bond acceptors (Lipinski definition) is 2. The van der Waals surface area contributed by atoms with Crippen LogP contribution in [0.25, 0.3) is 0 Å². The van der Waals surface area contributed by atoms with Gasteiger partial charge in [0.2, 0.25) is 0 Å². The van der Waals surface area contributed by atoms with Crippen molar-refractivity contribution in [2.75, 3.05) is 7.05 Å². The molecule has 0 saturated carbocycles. The highest BCUT2D eigenvalue weighted by Crippen LogP contribution is 2.27. The molecule has 18 heavy (non-hydrogen) atoms. The Morgan fingerprint density at radius 2 is 2.17 bits per heavy atom. The first kappa shape index (κ1) is 13.5. The van der Waals surface area contributed by atoms with Crippen LogP contribution < -0.4 is 5.32 Å². The summed E-state index contributed by atoms with van der Waals surface area (Å²) in [6.45, 7) is 5.16. The fourth-order valence-corrected chi connectivity index (χ4v) is 2.88. The quantitative estimate of drug-likeness (QED) is 0.855. The summed E-state index contributed by atoms with van der Waals surface area (Å²) in [7, 11) is 2.00. The zero-order chi connectivity index (χ0) is 13.1. The molecule has 1 aromatic heterocycles. The third-order valence-electron chi connectivity index (χ3n) is 3.17. The summed E-state index contributed by atoms with van der Waals surface area (Å²) in [5.74, 6) is 0. The van der Waals surface area contributed by atoms with E-state index in [0.717, 1.165) is 6.54 Å². The molecule has 0 bridgehead atoms. The van der Waals surface area contributed by atoms with Crippen molar-refractivity contribution in [2.24, 2.45) is 0 Å². The van der Waals surface area contributed by atoms with E-state index in [1.807, 2.05) is 17.9 Å². The number of rotatable bonds is 4. The van der Waals surface area contributed by atoms with Crippen LogP contribution in [0.1, 0.15) is 29.8 Å². The average molecular weight is 355 g/mol. The number of halogens is 1. The van der Waals surface area contributed by atoms with E-state index in [0.29, 0.717) is 0 Å². The van der Waals surface area contributed by atoms with Crippen molar-refractivity contribution in [1.82, 2.24) is 15.1 Å². The van der Waals surface area contributed by atoms with E-state index in [1.54, 1.807) is 0 Å². The molecule has 1 unspecified atom stereocenters. The lowest BCUT2D eigenvalue weighted by molar-refractivity contribution is 0.562. The van der Waals surface area contributed by atoms with Gasteiger partial charge in [-0.15, -0.1) is 0 Å². The Labute approximate surface area is 122 Å². The molecule has 3 nitrogen and oxygen atoms in total. The first-order valence-corrected chi connectivity index (χ1v) is 7.20. The van der Waals surface area contributed by atoms with Crippen LogP contribution in [0, 0.1) is 10.5 Å². The van der Waals surface area contributed by atoms with Crippen LogP contribution in [-0.2, 0) is 6.54 Å². The van der Waals surface area contributed by atoms with Crippen molar-refractivity contribution in [3.63, 3.8) is 0 Å². The van der Waals surface area contributed by atoms with Gasteiger partial charge in [-0.25, -0.2) is 0 Å². The molecular formula is C14H18IN3. The van der Waals surface area contributed by atoms with Crippen LogP contribution in [0.15, 0.2) is 30.5 Å². The maximum Gasteiger partial charge on any atom is 0.0756 e. The second kappa shape index (κ2) is 5.84.